The van der Waals surface area contributed by atoms with Crippen LogP contribution >= 0.6 is 11.6 Å². The fraction of sp³-hybridized carbons (Fsp3) is 0.333. The van der Waals surface area contributed by atoms with Crippen LogP contribution in [0.5, 0.6) is 0 Å². The number of carbonyl (C=O) groups excluding carboxylic acids is 2. The summed E-state index contributed by atoms with van der Waals surface area (Å²) in [5, 5.41) is 5.58. The molecule has 0 aliphatic carbocycles. The molecule has 2 amide bonds. The van der Waals surface area contributed by atoms with Crippen LogP contribution in [-0.4, -0.2) is 17.9 Å². The van der Waals surface area contributed by atoms with Gasteiger partial charge in [0.2, 0.25) is 5.91 Å². The van der Waals surface area contributed by atoms with Crippen LogP contribution < -0.4 is 10.6 Å². The Hall–Kier alpha value is -2.54. The lowest BCUT2D eigenvalue weighted by Gasteiger charge is -2.24. The first-order chi connectivity index (χ1) is 13.5. The van der Waals surface area contributed by atoms with E-state index < -0.39 is 35.6 Å². The molecule has 0 aliphatic rings. The molecule has 2 aromatic carbocycles. The van der Waals surface area contributed by atoms with E-state index in [-0.39, 0.29) is 16.5 Å². The Balaban J connectivity index is 2.13. The van der Waals surface area contributed by atoms with Gasteiger partial charge in [0.25, 0.3) is 5.91 Å². The first-order valence-corrected chi connectivity index (χ1v) is 9.41. The van der Waals surface area contributed by atoms with Crippen molar-refractivity contribution in [2.45, 2.75) is 39.0 Å². The number of alkyl halides is 3. The molecular weight excluding hydrogens is 405 g/mol. The van der Waals surface area contributed by atoms with Crippen LogP contribution in [0.4, 0.5) is 13.2 Å². The molecule has 2 N–H and O–H groups in total. The number of hydrogen-bond donors (Lipinski definition) is 2. The minimum Gasteiger partial charge on any atom is -0.348 e. The molecule has 0 unspecified atom stereocenters. The van der Waals surface area contributed by atoms with Gasteiger partial charge in [0, 0.05) is 0 Å². The molecule has 0 radical (unpaired) electrons. The minimum atomic E-state index is -4.47. The standard InChI is InChI=1S/C21H22ClF3N2O2/c1-12(2)18(27-19(28)16-9-4-5-10-17(16)22)20(29)26-13(3)14-7-6-8-15(11-14)21(23,24)25/h4-13,18H,1-3H3,(H,26,29)(H,27,28)/t13-,18-/m1/s1. The van der Waals surface area contributed by atoms with Crippen molar-refractivity contribution in [2.24, 2.45) is 5.92 Å². The maximum absolute atomic E-state index is 12.9. The molecular formula is C21H22ClF3N2O2. The van der Waals surface area contributed by atoms with E-state index in [1.165, 1.54) is 18.2 Å². The Bertz CT molecular complexity index is 884. The van der Waals surface area contributed by atoms with E-state index in [9.17, 15) is 22.8 Å². The summed E-state index contributed by atoms with van der Waals surface area (Å²) in [7, 11) is 0. The summed E-state index contributed by atoms with van der Waals surface area (Å²) < 4.78 is 38.8. The van der Waals surface area contributed by atoms with Gasteiger partial charge in [-0.2, -0.15) is 13.2 Å². The fourth-order valence-corrected chi connectivity index (χ4v) is 2.99. The number of benzene rings is 2. The van der Waals surface area contributed by atoms with E-state index in [0.29, 0.717) is 5.56 Å². The van der Waals surface area contributed by atoms with Gasteiger partial charge in [-0.25, -0.2) is 0 Å². The molecule has 2 rings (SSSR count). The zero-order chi connectivity index (χ0) is 21.8. The maximum atomic E-state index is 12.9. The van der Waals surface area contributed by atoms with E-state index in [1.807, 2.05) is 0 Å². The summed E-state index contributed by atoms with van der Waals surface area (Å²) in [5.41, 5.74) is -0.241. The molecule has 0 fully saturated rings. The topological polar surface area (TPSA) is 58.2 Å². The molecule has 0 aromatic heterocycles. The van der Waals surface area contributed by atoms with Crippen LogP contribution in [0.15, 0.2) is 48.5 Å². The van der Waals surface area contributed by atoms with E-state index in [4.69, 9.17) is 11.6 Å². The molecule has 29 heavy (non-hydrogen) atoms. The van der Waals surface area contributed by atoms with E-state index in [2.05, 4.69) is 10.6 Å². The minimum absolute atomic E-state index is 0.235. The average molecular weight is 427 g/mol. The Morgan fingerprint density at radius 3 is 2.21 bits per heavy atom. The van der Waals surface area contributed by atoms with Crippen molar-refractivity contribution in [3.8, 4) is 0 Å². The van der Waals surface area contributed by atoms with E-state index in [0.717, 1.165) is 12.1 Å². The molecule has 0 aliphatic heterocycles. The molecule has 2 aromatic rings. The molecule has 0 saturated heterocycles. The van der Waals surface area contributed by atoms with Crippen LogP contribution in [0.25, 0.3) is 0 Å². The molecule has 0 saturated carbocycles. The highest BCUT2D eigenvalue weighted by molar-refractivity contribution is 6.33. The fourth-order valence-electron chi connectivity index (χ4n) is 2.77. The number of halogens is 4. The lowest BCUT2D eigenvalue weighted by atomic mass is 10.0. The average Bonchev–Trinajstić information content (AvgIpc) is 2.65. The third-order valence-electron chi connectivity index (χ3n) is 4.43. The zero-order valence-electron chi connectivity index (χ0n) is 16.2. The smallest absolute Gasteiger partial charge is 0.348 e. The first-order valence-electron chi connectivity index (χ1n) is 9.03. The third kappa shape index (κ3) is 5.97. The van der Waals surface area contributed by atoms with Gasteiger partial charge in [0.05, 0.1) is 22.2 Å². The largest absolute Gasteiger partial charge is 0.416 e. The highest BCUT2D eigenvalue weighted by Gasteiger charge is 2.31. The van der Waals surface area contributed by atoms with Crippen LogP contribution in [-0.2, 0) is 11.0 Å². The van der Waals surface area contributed by atoms with Gasteiger partial charge in [-0.3, -0.25) is 9.59 Å². The molecule has 2 atom stereocenters. The van der Waals surface area contributed by atoms with Gasteiger partial charge in [0.1, 0.15) is 6.04 Å². The highest BCUT2D eigenvalue weighted by atomic mass is 35.5. The summed E-state index contributed by atoms with van der Waals surface area (Å²) in [4.78, 5) is 25.2. The van der Waals surface area contributed by atoms with Crippen LogP contribution in [0.3, 0.4) is 0 Å². The second-order valence-corrected chi connectivity index (χ2v) is 7.44. The lowest BCUT2D eigenvalue weighted by Crippen LogP contribution is -2.50. The summed E-state index contributed by atoms with van der Waals surface area (Å²) in [6, 6.07) is 9.65. The van der Waals surface area contributed by atoms with Crippen molar-refractivity contribution in [3.05, 3.63) is 70.2 Å². The van der Waals surface area contributed by atoms with Crippen LogP contribution in [0, 0.1) is 5.92 Å². The second-order valence-electron chi connectivity index (χ2n) is 7.03. The summed E-state index contributed by atoms with van der Waals surface area (Å²) in [6.45, 7) is 5.10. The van der Waals surface area contributed by atoms with Crippen molar-refractivity contribution in [2.75, 3.05) is 0 Å². The van der Waals surface area contributed by atoms with Crippen LogP contribution in [0.1, 0.15) is 48.3 Å². The molecule has 0 heterocycles. The molecule has 156 valence electrons. The number of amides is 2. The van der Waals surface area contributed by atoms with Gasteiger partial charge in [-0.05, 0) is 42.7 Å². The van der Waals surface area contributed by atoms with Crippen molar-refractivity contribution in [1.82, 2.24) is 10.6 Å². The Kier molecular flexibility index (Phi) is 7.30. The Morgan fingerprint density at radius 1 is 0.966 bits per heavy atom. The third-order valence-corrected chi connectivity index (χ3v) is 4.76. The van der Waals surface area contributed by atoms with E-state index in [1.54, 1.807) is 39.0 Å². The van der Waals surface area contributed by atoms with Gasteiger partial charge in [-0.1, -0.05) is 49.7 Å². The van der Waals surface area contributed by atoms with E-state index >= 15 is 0 Å². The summed E-state index contributed by atoms with van der Waals surface area (Å²) in [6.07, 6.45) is -4.47. The lowest BCUT2D eigenvalue weighted by molar-refractivity contribution is -0.137. The monoisotopic (exact) mass is 426 g/mol. The van der Waals surface area contributed by atoms with Crippen molar-refractivity contribution in [1.29, 1.82) is 0 Å². The number of rotatable bonds is 6. The maximum Gasteiger partial charge on any atom is 0.416 e. The SMILES string of the molecule is CC(C)[C@@H](NC(=O)c1ccccc1Cl)C(=O)N[C@H](C)c1cccc(C(F)(F)F)c1. The van der Waals surface area contributed by atoms with Gasteiger partial charge in [0.15, 0.2) is 0 Å². The highest BCUT2D eigenvalue weighted by Crippen LogP contribution is 2.30. The number of hydrogen-bond acceptors (Lipinski definition) is 2. The quantitative estimate of drug-likeness (QED) is 0.683. The summed E-state index contributed by atoms with van der Waals surface area (Å²) >= 11 is 6.02. The van der Waals surface area contributed by atoms with Crippen molar-refractivity contribution < 1.29 is 22.8 Å². The zero-order valence-corrected chi connectivity index (χ0v) is 16.9. The second kappa shape index (κ2) is 9.31. The predicted molar refractivity (Wildman–Crippen MR) is 106 cm³/mol. The molecule has 0 bridgehead atoms. The number of carbonyl (C=O) groups is 2. The first kappa shape index (κ1) is 22.7. The van der Waals surface area contributed by atoms with Crippen molar-refractivity contribution >= 4 is 23.4 Å². The van der Waals surface area contributed by atoms with Gasteiger partial charge < -0.3 is 10.6 Å². The normalized spacial score (nSPS) is 13.7. The van der Waals surface area contributed by atoms with Gasteiger partial charge in [-0.15, -0.1) is 0 Å². The Morgan fingerprint density at radius 2 is 1.62 bits per heavy atom. The van der Waals surface area contributed by atoms with Crippen molar-refractivity contribution in [3.63, 3.8) is 0 Å². The molecule has 8 heteroatoms. The van der Waals surface area contributed by atoms with Gasteiger partial charge >= 0.3 is 6.18 Å². The molecule has 0 spiro atoms. The Labute approximate surface area is 172 Å². The van der Waals surface area contributed by atoms with Crippen LogP contribution in [0.2, 0.25) is 5.02 Å². The summed E-state index contributed by atoms with van der Waals surface area (Å²) in [5.74, 6) is -1.25. The number of nitrogens with one attached hydrogen (secondary N) is 2. The molecule has 4 nitrogen and oxygen atoms in total. The predicted octanol–water partition coefficient (Wildman–Crippen LogP) is 4.99.